The van der Waals surface area contributed by atoms with Gasteiger partial charge in [0.2, 0.25) is 0 Å². The number of nitrogens with zero attached hydrogens (tertiary/aromatic N) is 1. The predicted octanol–water partition coefficient (Wildman–Crippen LogP) is 0.749. The summed E-state index contributed by atoms with van der Waals surface area (Å²) in [5, 5.41) is 8.34. The van der Waals surface area contributed by atoms with Crippen molar-refractivity contribution in [2.75, 3.05) is 6.61 Å². The van der Waals surface area contributed by atoms with Gasteiger partial charge >= 0.3 is 0 Å². The van der Waals surface area contributed by atoms with Crippen LogP contribution in [0.15, 0.2) is 29.9 Å². The lowest BCUT2D eigenvalue weighted by Crippen LogP contribution is -1.86. The van der Waals surface area contributed by atoms with Gasteiger partial charge in [0.15, 0.2) is 0 Å². The molecule has 2 heteroatoms. The molecule has 8 heavy (non-hydrogen) atoms. The van der Waals surface area contributed by atoms with E-state index >= 15 is 0 Å². The third-order valence-electron chi connectivity index (χ3n) is 0.566. The van der Waals surface area contributed by atoms with E-state index in [1.165, 1.54) is 12.4 Å². The first-order valence-electron chi connectivity index (χ1n) is 2.24. The zero-order valence-electron chi connectivity index (χ0n) is 4.67. The highest BCUT2D eigenvalue weighted by Crippen LogP contribution is 1.80. The van der Waals surface area contributed by atoms with Gasteiger partial charge < -0.3 is 5.11 Å². The fraction of sp³-hybridized carbons (Fsp3) is 0.167. The van der Waals surface area contributed by atoms with Crippen LogP contribution in [0.2, 0.25) is 0 Å². The molecule has 0 aromatic heterocycles. The lowest BCUT2D eigenvalue weighted by Gasteiger charge is -1.85. The Morgan fingerprint density at radius 1 is 1.75 bits per heavy atom. The molecular formula is C6H9NO. The SMILES string of the molecule is C=CN=CC(=C)CO. The number of hydrogen-bond acceptors (Lipinski definition) is 2. The van der Waals surface area contributed by atoms with Crippen molar-refractivity contribution in [3.63, 3.8) is 0 Å². The fourth-order valence-corrected chi connectivity index (χ4v) is 0.199. The van der Waals surface area contributed by atoms with E-state index in [0.29, 0.717) is 5.57 Å². The van der Waals surface area contributed by atoms with Crippen molar-refractivity contribution < 1.29 is 5.11 Å². The summed E-state index contributed by atoms with van der Waals surface area (Å²) in [4.78, 5) is 3.62. The Kier molecular flexibility index (Phi) is 3.80. The summed E-state index contributed by atoms with van der Waals surface area (Å²) in [5.41, 5.74) is 0.588. The lowest BCUT2D eigenvalue weighted by atomic mass is 10.4. The van der Waals surface area contributed by atoms with Crippen LogP contribution in [0.4, 0.5) is 0 Å². The smallest absolute Gasteiger partial charge is 0.0691 e. The van der Waals surface area contributed by atoms with Crippen LogP contribution in [0.3, 0.4) is 0 Å². The van der Waals surface area contributed by atoms with E-state index in [9.17, 15) is 0 Å². The van der Waals surface area contributed by atoms with Gasteiger partial charge in [0.1, 0.15) is 0 Å². The molecule has 0 radical (unpaired) electrons. The number of aliphatic imine (C=N–C) groups is 1. The first-order valence-corrected chi connectivity index (χ1v) is 2.24. The zero-order chi connectivity index (χ0) is 6.41. The molecule has 0 aromatic rings. The van der Waals surface area contributed by atoms with Crippen molar-refractivity contribution >= 4 is 6.21 Å². The standard InChI is InChI=1S/C6H9NO/c1-3-7-4-6(2)5-8/h3-4,8H,1-2,5H2. The van der Waals surface area contributed by atoms with Crippen molar-refractivity contribution in [1.82, 2.24) is 0 Å². The third kappa shape index (κ3) is 3.31. The molecule has 2 nitrogen and oxygen atoms in total. The van der Waals surface area contributed by atoms with Crippen LogP contribution in [-0.4, -0.2) is 17.9 Å². The van der Waals surface area contributed by atoms with Gasteiger partial charge in [-0.1, -0.05) is 13.2 Å². The lowest BCUT2D eigenvalue weighted by molar-refractivity contribution is 0.338. The van der Waals surface area contributed by atoms with Gasteiger partial charge in [0, 0.05) is 12.4 Å². The summed E-state index contributed by atoms with van der Waals surface area (Å²) in [6, 6.07) is 0. The van der Waals surface area contributed by atoms with Gasteiger partial charge in [-0.2, -0.15) is 0 Å². The summed E-state index contributed by atoms with van der Waals surface area (Å²) in [6.07, 6.45) is 2.86. The fourth-order valence-electron chi connectivity index (χ4n) is 0.199. The molecule has 0 aromatic carbocycles. The van der Waals surface area contributed by atoms with Crippen molar-refractivity contribution in [3.8, 4) is 0 Å². The Morgan fingerprint density at radius 2 is 2.38 bits per heavy atom. The molecule has 0 spiro atoms. The summed E-state index contributed by atoms with van der Waals surface area (Å²) in [6.45, 7) is 6.77. The van der Waals surface area contributed by atoms with Crippen LogP contribution in [0.5, 0.6) is 0 Å². The average molecular weight is 111 g/mol. The van der Waals surface area contributed by atoms with Gasteiger partial charge in [-0.25, -0.2) is 0 Å². The van der Waals surface area contributed by atoms with E-state index in [-0.39, 0.29) is 6.61 Å². The second-order valence-electron chi connectivity index (χ2n) is 1.28. The van der Waals surface area contributed by atoms with Crippen molar-refractivity contribution in [3.05, 3.63) is 24.9 Å². The summed E-state index contributed by atoms with van der Waals surface area (Å²) < 4.78 is 0. The van der Waals surface area contributed by atoms with Crippen LogP contribution in [0.25, 0.3) is 0 Å². The van der Waals surface area contributed by atoms with E-state index in [1.54, 1.807) is 0 Å². The normalized spacial score (nSPS) is 9.62. The molecule has 0 rings (SSSR count). The van der Waals surface area contributed by atoms with Crippen LogP contribution in [-0.2, 0) is 0 Å². The van der Waals surface area contributed by atoms with Crippen molar-refractivity contribution in [2.45, 2.75) is 0 Å². The molecule has 1 N–H and O–H groups in total. The largest absolute Gasteiger partial charge is 0.392 e. The van der Waals surface area contributed by atoms with Crippen molar-refractivity contribution in [1.29, 1.82) is 0 Å². The Bertz CT molecular complexity index is 116. The summed E-state index contributed by atoms with van der Waals surface area (Å²) in [7, 11) is 0. The molecule has 0 unspecified atom stereocenters. The second-order valence-corrected chi connectivity index (χ2v) is 1.28. The maximum absolute atomic E-state index is 8.34. The predicted molar refractivity (Wildman–Crippen MR) is 34.9 cm³/mol. The Balaban J connectivity index is 3.52. The van der Waals surface area contributed by atoms with Gasteiger partial charge in [-0.15, -0.1) is 0 Å². The Labute approximate surface area is 48.9 Å². The molecule has 0 saturated heterocycles. The molecular weight excluding hydrogens is 102 g/mol. The number of rotatable bonds is 3. The first-order chi connectivity index (χ1) is 3.81. The molecule has 0 heterocycles. The van der Waals surface area contributed by atoms with Crippen molar-refractivity contribution in [2.24, 2.45) is 4.99 Å². The van der Waals surface area contributed by atoms with E-state index in [4.69, 9.17) is 5.11 Å². The van der Waals surface area contributed by atoms with E-state index < -0.39 is 0 Å². The quantitative estimate of drug-likeness (QED) is 0.535. The highest BCUT2D eigenvalue weighted by molar-refractivity contribution is 5.78. The van der Waals surface area contributed by atoms with Gasteiger partial charge in [-0.3, -0.25) is 4.99 Å². The van der Waals surface area contributed by atoms with Crippen LogP contribution in [0, 0.1) is 0 Å². The molecule has 0 aliphatic heterocycles. The van der Waals surface area contributed by atoms with Gasteiger partial charge in [0.25, 0.3) is 0 Å². The maximum atomic E-state index is 8.34. The first kappa shape index (κ1) is 7.11. The topological polar surface area (TPSA) is 32.6 Å². The molecule has 0 bridgehead atoms. The molecule has 44 valence electrons. The van der Waals surface area contributed by atoms with Crippen LogP contribution in [0.1, 0.15) is 0 Å². The minimum atomic E-state index is -0.0443. The van der Waals surface area contributed by atoms with Crippen LogP contribution < -0.4 is 0 Å². The monoisotopic (exact) mass is 111 g/mol. The van der Waals surface area contributed by atoms with E-state index in [1.807, 2.05) is 0 Å². The van der Waals surface area contributed by atoms with E-state index in [0.717, 1.165) is 0 Å². The van der Waals surface area contributed by atoms with Crippen LogP contribution >= 0.6 is 0 Å². The minimum absolute atomic E-state index is 0.0443. The maximum Gasteiger partial charge on any atom is 0.0691 e. The zero-order valence-corrected chi connectivity index (χ0v) is 4.67. The van der Waals surface area contributed by atoms with Gasteiger partial charge in [0.05, 0.1) is 6.61 Å². The molecule has 0 aliphatic carbocycles. The molecule has 0 amide bonds. The third-order valence-corrected chi connectivity index (χ3v) is 0.566. The Hall–Kier alpha value is -0.890. The molecule has 0 saturated carbocycles. The minimum Gasteiger partial charge on any atom is -0.392 e. The molecule has 0 atom stereocenters. The highest BCUT2D eigenvalue weighted by atomic mass is 16.3. The van der Waals surface area contributed by atoms with E-state index in [2.05, 4.69) is 18.2 Å². The highest BCUT2D eigenvalue weighted by Gasteiger charge is 1.78. The second kappa shape index (κ2) is 4.27. The summed E-state index contributed by atoms with van der Waals surface area (Å²) in [5.74, 6) is 0. The number of aliphatic hydroxyl groups is 1. The average Bonchev–Trinajstić information content (AvgIpc) is 1.83. The molecule has 0 fully saturated rings. The number of aliphatic hydroxyl groups excluding tert-OH is 1. The number of hydrogen-bond donors (Lipinski definition) is 1. The van der Waals surface area contributed by atoms with Gasteiger partial charge in [-0.05, 0) is 5.57 Å². The molecule has 0 aliphatic rings. The summed E-state index contributed by atoms with van der Waals surface area (Å²) >= 11 is 0. The Morgan fingerprint density at radius 3 is 2.75 bits per heavy atom.